The molecule has 0 bridgehead atoms. The molecule has 5 nitrogen and oxygen atoms in total. The van der Waals surface area contributed by atoms with Gasteiger partial charge in [0.05, 0.1) is 0 Å². The van der Waals surface area contributed by atoms with E-state index in [4.69, 9.17) is 21.9 Å². The van der Waals surface area contributed by atoms with Gasteiger partial charge in [-0.25, -0.2) is 0 Å². The molecular weight excluding hydrogens is 314 g/mol. The summed E-state index contributed by atoms with van der Waals surface area (Å²) in [6.45, 7) is 0. The second kappa shape index (κ2) is 6.62. The topological polar surface area (TPSA) is 82.0 Å². The summed E-state index contributed by atoms with van der Waals surface area (Å²) in [6, 6.07) is 15.9. The van der Waals surface area contributed by atoms with Gasteiger partial charge in [-0.05, 0) is 35.2 Å². The van der Waals surface area contributed by atoms with Crippen LogP contribution in [0.5, 0.6) is 0 Å². The first kappa shape index (κ1) is 15.2. The van der Waals surface area contributed by atoms with E-state index in [1.54, 1.807) is 0 Å². The number of aromatic nitrogens is 2. The average Bonchev–Trinajstić information content (AvgIpc) is 3.03. The molecule has 2 aromatic carbocycles. The number of aryl methyl sites for hydroxylation is 2. The van der Waals surface area contributed by atoms with Crippen LogP contribution in [-0.2, 0) is 12.8 Å². The molecule has 0 aliphatic rings. The highest BCUT2D eigenvalue weighted by Crippen LogP contribution is 2.23. The summed E-state index contributed by atoms with van der Waals surface area (Å²) in [7, 11) is 0. The maximum absolute atomic E-state index is 10.9. The Morgan fingerprint density at radius 2 is 1.87 bits per heavy atom. The summed E-state index contributed by atoms with van der Waals surface area (Å²) in [5.74, 6) is -0.375. The smallest absolute Gasteiger partial charge is 0.290 e. The average molecular weight is 328 g/mol. The Kier molecular flexibility index (Phi) is 4.39. The van der Waals surface area contributed by atoms with Crippen LogP contribution in [0, 0.1) is 0 Å². The van der Waals surface area contributed by atoms with Crippen LogP contribution >= 0.6 is 11.6 Å². The lowest BCUT2D eigenvalue weighted by Crippen LogP contribution is -2.12. The summed E-state index contributed by atoms with van der Waals surface area (Å²) >= 11 is 6.01. The van der Waals surface area contributed by atoms with Gasteiger partial charge in [-0.3, -0.25) is 4.79 Å². The third kappa shape index (κ3) is 3.76. The lowest BCUT2D eigenvalue weighted by atomic mass is 10.0. The number of primary amides is 1. The third-order valence-electron chi connectivity index (χ3n) is 3.43. The summed E-state index contributed by atoms with van der Waals surface area (Å²) in [5.41, 5.74) is 8.40. The fourth-order valence-corrected chi connectivity index (χ4v) is 2.43. The zero-order valence-electron chi connectivity index (χ0n) is 12.2. The quantitative estimate of drug-likeness (QED) is 0.779. The number of hydrogen-bond acceptors (Lipinski definition) is 4. The van der Waals surface area contributed by atoms with E-state index in [-0.39, 0.29) is 5.82 Å². The number of carbonyl (C=O) groups is 1. The Morgan fingerprint density at radius 3 is 2.52 bits per heavy atom. The Balaban J connectivity index is 1.66. The van der Waals surface area contributed by atoms with Crippen molar-refractivity contribution in [3.8, 4) is 11.1 Å². The second-order valence-electron chi connectivity index (χ2n) is 5.08. The molecule has 0 radical (unpaired) electrons. The zero-order chi connectivity index (χ0) is 16.2. The molecule has 0 spiro atoms. The molecule has 3 rings (SSSR count). The summed E-state index contributed by atoms with van der Waals surface area (Å²) in [4.78, 5) is 14.8. The molecule has 1 heterocycles. The molecule has 0 saturated carbocycles. The Morgan fingerprint density at radius 1 is 1.09 bits per heavy atom. The van der Waals surface area contributed by atoms with Crippen molar-refractivity contribution in [2.75, 3.05) is 0 Å². The Labute approximate surface area is 138 Å². The van der Waals surface area contributed by atoms with Gasteiger partial charge in [0.1, 0.15) is 0 Å². The number of hydrogen-bond donors (Lipinski definition) is 1. The third-order valence-corrected chi connectivity index (χ3v) is 3.66. The van der Waals surface area contributed by atoms with E-state index in [9.17, 15) is 4.79 Å². The van der Waals surface area contributed by atoms with Crippen LogP contribution in [0.4, 0.5) is 0 Å². The van der Waals surface area contributed by atoms with Gasteiger partial charge < -0.3 is 10.3 Å². The van der Waals surface area contributed by atoms with E-state index < -0.39 is 5.91 Å². The van der Waals surface area contributed by atoms with E-state index in [1.165, 1.54) is 0 Å². The molecule has 0 atom stereocenters. The molecule has 3 aromatic rings. The van der Waals surface area contributed by atoms with Crippen LogP contribution in [0.3, 0.4) is 0 Å². The van der Waals surface area contributed by atoms with Gasteiger partial charge in [-0.2, -0.15) is 4.98 Å². The van der Waals surface area contributed by atoms with Crippen LogP contribution in [0.25, 0.3) is 11.1 Å². The van der Waals surface area contributed by atoms with E-state index in [1.807, 2.05) is 48.5 Å². The highest BCUT2D eigenvalue weighted by Gasteiger charge is 2.10. The first-order valence-corrected chi connectivity index (χ1v) is 7.47. The number of carbonyl (C=O) groups excluding carboxylic acids is 1. The SMILES string of the molecule is NC(=O)c1noc(CCc2ccc(-c3cccc(Cl)c3)cc2)n1. The highest BCUT2D eigenvalue weighted by molar-refractivity contribution is 6.30. The first-order valence-electron chi connectivity index (χ1n) is 7.09. The molecule has 1 amide bonds. The maximum Gasteiger partial charge on any atom is 0.290 e. The molecule has 0 aliphatic carbocycles. The van der Waals surface area contributed by atoms with E-state index >= 15 is 0 Å². The largest absolute Gasteiger partial charge is 0.363 e. The molecular formula is C17H14ClN3O2. The van der Waals surface area contributed by atoms with Gasteiger partial charge >= 0.3 is 0 Å². The molecule has 0 aliphatic heterocycles. The number of rotatable bonds is 5. The number of halogens is 1. The second-order valence-corrected chi connectivity index (χ2v) is 5.52. The van der Waals surface area contributed by atoms with Crippen molar-refractivity contribution in [3.05, 3.63) is 70.8 Å². The van der Waals surface area contributed by atoms with Gasteiger partial charge in [0.25, 0.3) is 11.7 Å². The van der Waals surface area contributed by atoms with Gasteiger partial charge in [0.2, 0.25) is 5.89 Å². The van der Waals surface area contributed by atoms with Crippen molar-refractivity contribution in [1.29, 1.82) is 0 Å². The lowest BCUT2D eigenvalue weighted by Gasteiger charge is -2.04. The lowest BCUT2D eigenvalue weighted by molar-refractivity contribution is 0.0987. The summed E-state index contributed by atoms with van der Waals surface area (Å²) in [5, 5.41) is 4.23. The molecule has 0 saturated heterocycles. The summed E-state index contributed by atoms with van der Waals surface area (Å²) in [6.07, 6.45) is 1.28. The Hall–Kier alpha value is -2.66. The van der Waals surface area contributed by atoms with E-state index in [0.717, 1.165) is 23.1 Å². The minimum Gasteiger partial charge on any atom is -0.363 e. The number of benzene rings is 2. The van der Waals surface area contributed by atoms with E-state index in [2.05, 4.69) is 10.1 Å². The van der Waals surface area contributed by atoms with Crippen LogP contribution in [0.15, 0.2) is 53.1 Å². The highest BCUT2D eigenvalue weighted by atomic mass is 35.5. The predicted octanol–water partition coefficient (Wildman–Crippen LogP) is 3.27. The van der Waals surface area contributed by atoms with Crippen LogP contribution < -0.4 is 5.73 Å². The Bertz CT molecular complexity index is 828. The fourth-order valence-electron chi connectivity index (χ4n) is 2.24. The van der Waals surface area contributed by atoms with Crippen LogP contribution in [-0.4, -0.2) is 16.0 Å². The van der Waals surface area contributed by atoms with Gasteiger partial charge in [-0.1, -0.05) is 53.2 Å². The fraction of sp³-hybridized carbons (Fsp3) is 0.118. The van der Waals surface area contributed by atoms with E-state index in [0.29, 0.717) is 17.3 Å². The first-order chi connectivity index (χ1) is 11.1. The number of nitrogens with two attached hydrogens (primary N) is 1. The molecule has 1 aromatic heterocycles. The zero-order valence-corrected chi connectivity index (χ0v) is 13.0. The minimum absolute atomic E-state index is 0.0868. The van der Waals surface area contributed by atoms with Crippen molar-refractivity contribution in [1.82, 2.24) is 10.1 Å². The molecule has 2 N–H and O–H groups in total. The van der Waals surface area contributed by atoms with Crippen molar-refractivity contribution in [3.63, 3.8) is 0 Å². The number of amides is 1. The molecule has 23 heavy (non-hydrogen) atoms. The van der Waals surface area contributed by atoms with Crippen molar-refractivity contribution in [2.24, 2.45) is 5.73 Å². The molecule has 0 unspecified atom stereocenters. The van der Waals surface area contributed by atoms with Crippen molar-refractivity contribution >= 4 is 17.5 Å². The summed E-state index contributed by atoms with van der Waals surface area (Å²) < 4.78 is 4.98. The van der Waals surface area contributed by atoms with Crippen LogP contribution in [0.2, 0.25) is 5.02 Å². The maximum atomic E-state index is 10.9. The van der Waals surface area contributed by atoms with Crippen LogP contribution in [0.1, 0.15) is 22.1 Å². The van der Waals surface area contributed by atoms with Gasteiger partial charge in [0.15, 0.2) is 0 Å². The van der Waals surface area contributed by atoms with Gasteiger partial charge in [-0.15, -0.1) is 0 Å². The number of nitrogens with zero attached hydrogens (tertiary/aromatic N) is 2. The monoisotopic (exact) mass is 327 g/mol. The molecule has 0 fully saturated rings. The minimum atomic E-state index is -0.689. The van der Waals surface area contributed by atoms with Crippen molar-refractivity contribution in [2.45, 2.75) is 12.8 Å². The predicted molar refractivity (Wildman–Crippen MR) is 87.1 cm³/mol. The normalized spacial score (nSPS) is 10.7. The van der Waals surface area contributed by atoms with Crippen molar-refractivity contribution < 1.29 is 9.32 Å². The van der Waals surface area contributed by atoms with Gasteiger partial charge in [0, 0.05) is 11.4 Å². The standard InChI is InChI=1S/C17H14ClN3O2/c18-14-3-1-2-13(10-14)12-7-4-11(5-8-12)6-9-15-20-17(16(19)22)21-23-15/h1-5,7-8,10H,6,9H2,(H2,19,22). The molecule has 116 valence electrons. The molecule has 6 heteroatoms.